The van der Waals surface area contributed by atoms with Crippen LogP contribution in [0.1, 0.15) is 65.5 Å². The normalized spacial score (nSPS) is 26.8. The van der Waals surface area contributed by atoms with Crippen molar-refractivity contribution in [3.05, 3.63) is 167 Å². The number of fused-ring (bicyclic) bond motifs is 12. The monoisotopic (exact) mass is 616 g/mol. The summed E-state index contributed by atoms with van der Waals surface area (Å²) in [6.45, 7) is 0. The van der Waals surface area contributed by atoms with Crippen LogP contribution in [0.15, 0.2) is 133 Å². The molecule has 0 unspecified atom stereocenters. The summed E-state index contributed by atoms with van der Waals surface area (Å²) in [6.07, 6.45) is 7.11. The molecule has 230 valence electrons. The lowest BCUT2D eigenvalue weighted by Gasteiger charge is -2.61. The second-order valence-corrected chi connectivity index (χ2v) is 15.6. The molecule has 0 N–H and O–H groups in total. The summed E-state index contributed by atoms with van der Waals surface area (Å²) >= 11 is 0. The van der Waals surface area contributed by atoms with Gasteiger partial charge < -0.3 is 4.74 Å². The molecule has 7 aliphatic rings. The van der Waals surface area contributed by atoms with Crippen LogP contribution in [-0.2, 0) is 10.8 Å². The maximum atomic E-state index is 6.60. The van der Waals surface area contributed by atoms with E-state index in [1.165, 1.54) is 87.7 Å². The van der Waals surface area contributed by atoms with Crippen LogP contribution in [0.4, 0.5) is 0 Å². The molecule has 6 aliphatic carbocycles. The Labute approximate surface area is 282 Å². The minimum absolute atomic E-state index is 0.169. The first-order valence-corrected chi connectivity index (χ1v) is 18.1. The topological polar surface area (TPSA) is 9.23 Å². The van der Waals surface area contributed by atoms with Gasteiger partial charge in [-0.25, -0.2) is 0 Å². The van der Waals surface area contributed by atoms with Gasteiger partial charge in [0.1, 0.15) is 11.5 Å². The van der Waals surface area contributed by atoms with E-state index in [0.717, 1.165) is 35.2 Å². The highest BCUT2D eigenvalue weighted by molar-refractivity contribution is 5.91. The van der Waals surface area contributed by atoms with E-state index in [2.05, 4.69) is 133 Å². The van der Waals surface area contributed by atoms with E-state index in [4.69, 9.17) is 4.74 Å². The average molecular weight is 617 g/mol. The first-order chi connectivity index (χ1) is 23.7. The lowest BCUT2D eigenvalue weighted by atomic mass is 9.43. The van der Waals surface area contributed by atoms with E-state index in [-0.39, 0.29) is 5.41 Å². The van der Waals surface area contributed by atoms with Gasteiger partial charge in [-0.2, -0.15) is 0 Å². The van der Waals surface area contributed by atoms with Crippen LogP contribution >= 0.6 is 0 Å². The van der Waals surface area contributed by atoms with Gasteiger partial charge in [0.05, 0.1) is 5.41 Å². The van der Waals surface area contributed by atoms with E-state index in [0.29, 0.717) is 0 Å². The molecule has 0 radical (unpaired) electrons. The maximum absolute atomic E-state index is 6.60. The van der Waals surface area contributed by atoms with Crippen molar-refractivity contribution in [3.63, 3.8) is 0 Å². The molecule has 0 saturated heterocycles. The zero-order valence-electron chi connectivity index (χ0n) is 27.0. The number of ether oxygens (including phenoxy) is 1. The molecule has 0 aromatic heterocycles. The molecule has 4 saturated carbocycles. The molecule has 1 heteroatoms. The third-order valence-electron chi connectivity index (χ3n) is 13.7. The molecule has 48 heavy (non-hydrogen) atoms. The number of rotatable bonds is 1. The lowest BCUT2D eigenvalue weighted by molar-refractivity contribution is -0.0399. The first kappa shape index (κ1) is 26.1. The van der Waals surface area contributed by atoms with Gasteiger partial charge in [0.25, 0.3) is 0 Å². The molecule has 13 rings (SSSR count). The largest absolute Gasteiger partial charge is 0.457 e. The Balaban J connectivity index is 1.10. The average Bonchev–Trinajstić information content (AvgIpc) is 3.58. The van der Waals surface area contributed by atoms with E-state index < -0.39 is 5.41 Å². The minimum atomic E-state index is -0.441. The minimum Gasteiger partial charge on any atom is -0.457 e. The predicted octanol–water partition coefficient (Wildman–Crippen LogP) is 11.5. The van der Waals surface area contributed by atoms with Crippen LogP contribution < -0.4 is 4.74 Å². The molecule has 2 spiro atoms. The van der Waals surface area contributed by atoms with E-state index in [1.54, 1.807) is 11.1 Å². The maximum Gasteiger partial charge on any atom is 0.132 e. The third-order valence-corrected chi connectivity index (χ3v) is 13.7. The first-order valence-electron chi connectivity index (χ1n) is 18.1. The molecule has 1 nitrogen and oxygen atoms in total. The van der Waals surface area contributed by atoms with Crippen molar-refractivity contribution < 1.29 is 4.74 Å². The Bertz CT molecular complexity index is 2280. The molecule has 4 bridgehead atoms. The van der Waals surface area contributed by atoms with Crippen LogP contribution in [0.3, 0.4) is 0 Å². The van der Waals surface area contributed by atoms with E-state index in [1.807, 2.05) is 0 Å². The zero-order valence-corrected chi connectivity index (χ0v) is 27.0. The number of hydrogen-bond acceptors (Lipinski definition) is 1. The summed E-state index contributed by atoms with van der Waals surface area (Å²) in [5, 5.41) is 0. The van der Waals surface area contributed by atoms with Gasteiger partial charge >= 0.3 is 0 Å². The quantitative estimate of drug-likeness (QED) is 0.178. The van der Waals surface area contributed by atoms with Crippen LogP contribution in [0.25, 0.3) is 33.4 Å². The Morgan fingerprint density at radius 1 is 0.396 bits per heavy atom. The number of hydrogen-bond donors (Lipinski definition) is 0. The molecule has 0 atom stereocenters. The highest BCUT2D eigenvalue weighted by Gasteiger charge is 2.61. The molecule has 4 fully saturated rings. The Morgan fingerprint density at radius 3 is 1.48 bits per heavy atom. The Kier molecular flexibility index (Phi) is 4.88. The van der Waals surface area contributed by atoms with Crippen molar-refractivity contribution in [1.29, 1.82) is 0 Å². The molecule has 1 heterocycles. The summed E-state index contributed by atoms with van der Waals surface area (Å²) in [7, 11) is 0. The van der Waals surface area contributed by atoms with Crippen molar-refractivity contribution in [2.75, 3.05) is 0 Å². The number of benzene rings is 6. The summed E-state index contributed by atoms with van der Waals surface area (Å²) in [5.74, 6) is 5.31. The summed E-state index contributed by atoms with van der Waals surface area (Å²) in [6, 6.07) is 50.7. The van der Waals surface area contributed by atoms with Gasteiger partial charge in [-0.15, -0.1) is 0 Å². The molecular weight excluding hydrogens is 581 g/mol. The lowest BCUT2D eigenvalue weighted by Crippen LogP contribution is -2.55. The van der Waals surface area contributed by atoms with Crippen molar-refractivity contribution in [1.82, 2.24) is 0 Å². The molecular formula is C47H36O. The van der Waals surface area contributed by atoms with Crippen LogP contribution in [0.5, 0.6) is 11.5 Å². The standard InChI is InChI=1S/C47H36O/c1-3-11-38-34(9-1)36-19-17-30(26-42(36)46(38)32-22-28-21-29(24-32)25-33(46)23-28)31-18-20-37-35-10-2-4-12-39(35)47(43(37)27-31)40-13-5-7-15-44(40)48-45-16-8-6-14-41(45)47/h1-20,26-29,32-33H,21-25H2. The Morgan fingerprint density at radius 2 is 0.854 bits per heavy atom. The Hall–Kier alpha value is -4.88. The fraction of sp³-hybridized carbons (Fsp3) is 0.234. The second-order valence-electron chi connectivity index (χ2n) is 15.6. The molecule has 6 aromatic carbocycles. The summed E-state index contributed by atoms with van der Waals surface area (Å²) < 4.78 is 6.60. The smallest absolute Gasteiger partial charge is 0.132 e. The molecule has 6 aromatic rings. The SMILES string of the molecule is c1ccc2c(c1)Oc1ccccc1C21c2ccccc2-c2ccc(-c3ccc4c(c3)C3(c5ccccc5-4)C4CC5CC(C4)CC3C5)cc21. The highest BCUT2D eigenvalue weighted by atomic mass is 16.5. The van der Waals surface area contributed by atoms with Gasteiger partial charge in [0.2, 0.25) is 0 Å². The summed E-state index contributed by atoms with van der Waals surface area (Å²) in [5.41, 5.74) is 16.4. The van der Waals surface area contributed by atoms with Crippen LogP contribution in [0, 0.1) is 23.7 Å². The predicted molar refractivity (Wildman–Crippen MR) is 193 cm³/mol. The molecule has 1 aliphatic heterocycles. The van der Waals surface area contributed by atoms with Crippen molar-refractivity contribution in [2.45, 2.75) is 42.9 Å². The fourth-order valence-corrected chi connectivity index (χ4v) is 12.4. The zero-order chi connectivity index (χ0) is 31.2. The van der Waals surface area contributed by atoms with Gasteiger partial charge in [-0.1, -0.05) is 109 Å². The van der Waals surface area contributed by atoms with Crippen LogP contribution in [-0.4, -0.2) is 0 Å². The van der Waals surface area contributed by atoms with Gasteiger partial charge in [0, 0.05) is 16.5 Å². The van der Waals surface area contributed by atoms with Gasteiger partial charge in [-0.05, 0) is 136 Å². The second kappa shape index (κ2) is 8.97. The van der Waals surface area contributed by atoms with Crippen molar-refractivity contribution in [2.24, 2.45) is 23.7 Å². The number of para-hydroxylation sites is 2. The van der Waals surface area contributed by atoms with Crippen LogP contribution in [0.2, 0.25) is 0 Å². The van der Waals surface area contributed by atoms with Gasteiger partial charge in [0.15, 0.2) is 0 Å². The van der Waals surface area contributed by atoms with E-state index in [9.17, 15) is 0 Å². The highest BCUT2D eigenvalue weighted by Crippen LogP contribution is 2.70. The van der Waals surface area contributed by atoms with E-state index >= 15 is 0 Å². The third kappa shape index (κ3) is 2.98. The summed E-state index contributed by atoms with van der Waals surface area (Å²) in [4.78, 5) is 0. The van der Waals surface area contributed by atoms with Crippen molar-refractivity contribution >= 4 is 0 Å². The van der Waals surface area contributed by atoms with Crippen molar-refractivity contribution in [3.8, 4) is 44.9 Å². The fourth-order valence-electron chi connectivity index (χ4n) is 12.4. The molecule has 0 amide bonds. The van der Waals surface area contributed by atoms with Gasteiger partial charge in [-0.3, -0.25) is 0 Å².